The third-order valence-corrected chi connectivity index (χ3v) is 3.52. The summed E-state index contributed by atoms with van der Waals surface area (Å²) in [6.07, 6.45) is 0.548. The first-order valence-electron chi connectivity index (χ1n) is 6.35. The number of imidazole rings is 1. The molecule has 20 heavy (non-hydrogen) atoms. The standard InChI is InChI=1S/C14H17ClFN3O/c1-14(2,13(17)20)8-19-11-4-3-9(16)7-10(11)18-12(19)5-6-15/h3-4,7H,5-6,8H2,1-2H3,(H2,17,20). The Kier molecular flexibility index (Phi) is 3.99. The lowest BCUT2D eigenvalue weighted by Gasteiger charge is -2.22. The first-order chi connectivity index (χ1) is 9.35. The van der Waals surface area contributed by atoms with Crippen molar-refractivity contribution in [2.75, 3.05) is 5.88 Å². The summed E-state index contributed by atoms with van der Waals surface area (Å²) in [6.45, 7) is 3.93. The molecular weight excluding hydrogens is 281 g/mol. The van der Waals surface area contributed by atoms with Crippen molar-refractivity contribution in [3.8, 4) is 0 Å². The van der Waals surface area contributed by atoms with Crippen molar-refractivity contribution in [3.63, 3.8) is 0 Å². The normalized spacial score (nSPS) is 12.0. The first-order valence-corrected chi connectivity index (χ1v) is 6.89. The number of hydrogen-bond acceptors (Lipinski definition) is 2. The van der Waals surface area contributed by atoms with Gasteiger partial charge in [0.05, 0.1) is 16.4 Å². The zero-order chi connectivity index (χ0) is 14.9. The van der Waals surface area contributed by atoms with Gasteiger partial charge in [0.25, 0.3) is 0 Å². The molecule has 0 aliphatic rings. The number of hydrogen-bond donors (Lipinski definition) is 1. The van der Waals surface area contributed by atoms with Crippen molar-refractivity contribution in [2.24, 2.45) is 11.1 Å². The van der Waals surface area contributed by atoms with E-state index < -0.39 is 11.3 Å². The second-order valence-electron chi connectivity index (χ2n) is 5.43. The van der Waals surface area contributed by atoms with E-state index in [1.807, 2.05) is 4.57 Å². The largest absolute Gasteiger partial charge is 0.369 e. The van der Waals surface area contributed by atoms with Gasteiger partial charge in [0.1, 0.15) is 11.6 Å². The second kappa shape index (κ2) is 5.40. The summed E-state index contributed by atoms with van der Waals surface area (Å²) >= 11 is 5.78. The molecule has 1 aromatic heterocycles. The number of alkyl halides is 1. The van der Waals surface area contributed by atoms with Crippen LogP contribution in [-0.4, -0.2) is 21.3 Å². The molecule has 1 aromatic carbocycles. The number of nitrogens with zero attached hydrogens (tertiary/aromatic N) is 2. The quantitative estimate of drug-likeness (QED) is 0.862. The predicted molar refractivity (Wildman–Crippen MR) is 77.1 cm³/mol. The van der Waals surface area contributed by atoms with Crippen LogP contribution in [0, 0.1) is 11.2 Å². The van der Waals surface area contributed by atoms with Gasteiger partial charge in [-0.3, -0.25) is 4.79 Å². The van der Waals surface area contributed by atoms with Gasteiger partial charge >= 0.3 is 0 Å². The Morgan fingerprint density at radius 1 is 1.50 bits per heavy atom. The van der Waals surface area contributed by atoms with Crippen LogP contribution in [0.2, 0.25) is 0 Å². The van der Waals surface area contributed by atoms with Gasteiger partial charge in [-0.1, -0.05) is 0 Å². The highest BCUT2D eigenvalue weighted by Gasteiger charge is 2.27. The van der Waals surface area contributed by atoms with Gasteiger partial charge in [-0.05, 0) is 26.0 Å². The molecule has 0 fully saturated rings. The van der Waals surface area contributed by atoms with Crippen LogP contribution >= 0.6 is 11.6 Å². The fourth-order valence-corrected chi connectivity index (χ4v) is 2.25. The smallest absolute Gasteiger partial charge is 0.224 e. The van der Waals surface area contributed by atoms with E-state index in [0.717, 1.165) is 11.3 Å². The fourth-order valence-electron chi connectivity index (χ4n) is 2.08. The van der Waals surface area contributed by atoms with Crippen molar-refractivity contribution in [2.45, 2.75) is 26.8 Å². The van der Waals surface area contributed by atoms with E-state index >= 15 is 0 Å². The van der Waals surface area contributed by atoms with Gasteiger partial charge in [-0.2, -0.15) is 0 Å². The number of rotatable bonds is 5. The minimum Gasteiger partial charge on any atom is -0.369 e. The summed E-state index contributed by atoms with van der Waals surface area (Å²) in [5.41, 5.74) is 6.04. The minimum atomic E-state index is -0.719. The predicted octanol–water partition coefficient (Wildman–Crippen LogP) is 2.47. The highest BCUT2D eigenvalue weighted by molar-refractivity contribution is 6.17. The molecule has 1 heterocycles. The lowest BCUT2D eigenvalue weighted by molar-refractivity contribution is -0.126. The second-order valence-corrected chi connectivity index (χ2v) is 5.81. The molecule has 0 atom stereocenters. The third-order valence-electron chi connectivity index (χ3n) is 3.33. The third kappa shape index (κ3) is 2.77. The van der Waals surface area contributed by atoms with Crippen molar-refractivity contribution in [3.05, 3.63) is 29.8 Å². The Labute approximate surface area is 121 Å². The molecule has 0 radical (unpaired) electrons. The van der Waals surface area contributed by atoms with Crippen LogP contribution in [0.5, 0.6) is 0 Å². The molecule has 1 amide bonds. The Morgan fingerprint density at radius 3 is 2.80 bits per heavy atom. The molecule has 2 aromatic rings. The van der Waals surface area contributed by atoms with Crippen molar-refractivity contribution >= 4 is 28.5 Å². The summed E-state index contributed by atoms with van der Waals surface area (Å²) in [7, 11) is 0. The number of fused-ring (bicyclic) bond motifs is 1. The number of carbonyl (C=O) groups is 1. The van der Waals surface area contributed by atoms with Crippen LogP contribution in [0.4, 0.5) is 4.39 Å². The lowest BCUT2D eigenvalue weighted by Crippen LogP contribution is -2.35. The summed E-state index contributed by atoms with van der Waals surface area (Å²) in [6, 6.07) is 4.41. The van der Waals surface area contributed by atoms with Crippen LogP contribution in [0.1, 0.15) is 19.7 Å². The van der Waals surface area contributed by atoms with Crippen LogP contribution in [0.25, 0.3) is 11.0 Å². The molecule has 0 spiro atoms. The Bertz CT molecular complexity index is 651. The molecule has 0 aliphatic heterocycles. The monoisotopic (exact) mass is 297 g/mol. The van der Waals surface area contributed by atoms with E-state index in [2.05, 4.69) is 4.98 Å². The molecule has 2 rings (SSSR count). The lowest BCUT2D eigenvalue weighted by atomic mass is 9.92. The van der Waals surface area contributed by atoms with Gasteiger partial charge in [0.15, 0.2) is 0 Å². The summed E-state index contributed by atoms with van der Waals surface area (Å²) in [4.78, 5) is 15.9. The molecule has 0 aliphatic carbocycles. The zero-order valence-corrected chi connectivity index (χ0v) is 12.2. The molecule has 4 nitrogen and oxygen atoms in total. The maximum Gasteiger partial charge on any atom is 0.224 e. The van der Waals surface area contributed by atoms with E-state index in [1.54, 1.807) is 19.9 Å². The minimum absolute atomic E-state index is 0.339. The van der Waals surface area contributed by atoms with Gasteiger partial charge in [0, 0.05) is 24.9 Å². The molecule has 0 saturated carbocycles. The van der Waals surface area contributed by atoms with E-state index in [-0.39, 0.29) is 5.82 Å². The van der Waals surface area contributed by atoms with Crippen LogP contribution in [0.3, 0.4) is 0 Å². The highest BCUT2D eigenvalue weighted by Crippen LogP contribution is 2.24. The van der Waals surface area contributed by atoms with E-state index in [9.17, 15) is 9.18 Å². The van der Waals surface area contributed by atoms with Crippen LogP contribution < -0.4 is 5.73 Å². The van der Waals surface area contributed by atoms with E-state index in [4.69, 9.17) is 17.3 Å². The molecule has 108 valence electrons. The Balaban J connectivity index is 2.54. The number of amides is 1. The van der Waals surface area contributed by atoms with Crippen LogP contribution in [0.15, 0.2) is 18.2 Å². The average molecular weight is 298 g/mol. The average Bonchev–Trinajstić information content (AvgIpc) is 2.66. The van der Waals surface area contributed by atoms with Crippen LogP contribution in [-0.2, 0) is 17.8 Å². The number of carbonyl (C=O) groups excluding carboxylic acids is 1. The summed E-state index contributed by atoms with van der Waals surface area (Å²) in [5.74, 6) is 0.407. The van der Waals surface area contributed by atoms with E-state index in [0.29, 0.717) is 24.4 Å². The molecule has 0 saturated heterocycles. The maximum atomic E-state index is 13.3. The van der Waals surface area contributed by atoms with Gasteiger partial charge in [-0.15, -0.1) is 11.6 Å². The number of aryl methyl sites for hydroxylation is 1. The highest BCUT2D eigenvalue weighted by atomic mass is 35.5. The first kappa shape index (κ1) is 14.8. The molecule has 0 bridgehead atoms. The topological polar surface area (TPSA) is 60.9 Å². The number of halogens is 2. The summed E-state index contributed by atoms with van der Waals surface area (Å²) < 4.78 is 15.2. The van der Waals surface area contributed by atoms with Crippen molar-refractivity contribution in [1.82, 2.24) is 9.55 Å². The number of nitrogens with two attached hydrogens (primary N) is 1. The van der Waals surface area contributed by atoms with E-state index in [1.165, 1.54) is 12.1 Å². The van der Waals surface area contributed by atoms with Gasteiger partial charge in [0.2, 0.25) is 5.91 Å². The molecule has 2 N–H and O–H groups in total. The Morgan fingerprint density at radius 2 is 2.20 bits per heavy atom. The number of benzene rings is 1. The van der Waals surface area contributed by atoms with Gasteiger partial charge < -0.3 is 10.3 Å². The Hall–Kier alpha value is -1.62. The SMILES string of the molecule is CC(C)(Cn1c(CCCl)nc2cc(F)ccc21)C(N)=O. The zero-order valence-electron chi connectivity index (χ0n) is 11.5. The van der Waals surface area contributed by atoms with Crippen molar-refractivity contribution < 1.29 is 9.18 Å². The number of aromatic nitrogens is 2. The molecular formula is C14H17ClFN3O. The number of primary amides is 1. The molecule has 0 unspecified atom stereocenters. The fraction of sp³-hybridized carbons (Fsp3) is 0.429. The molecule has 6 heteroatoms. The van der Waals surface area contributed by atoms with Crippen molar-refractivity contribution in [1.29, 1.82) is 0 Å². The summed E-state index contributed by atoms with van der Waals surface area (Å²) in [5, 5.41) is 0. The van der Waals surface area contributed by atoms with Gasteiger partial charge in [-0.25, -0.2) is 9.37 Å². The maximum absolute atomic E-state index is 13.3.